The van der Waals surface area contributed by atoms with Gasteiger partial charge in [-0.3, -0.25) is 14.0 Å². The highest BCUT2D eigenvalue weighted by Gasteiger charge is 2.33. The van der Waals surface area contributed by atoms with Gasteiger partial charge >= 0.3 is 5.97 Å². The van der Waals surface area contributed by atoms with Gasteiger partial charge < -0.3 is 9.47 Å². The number of fused-ring (bicyclic) bond motifs is 1. The third kappa shape index (κ3) is 3.91. The predicted octanol–water partition coefficient (Wildman–Crippen LogP) is 2.02. The number of aromatic nitrogens is 3. The first kappa shape index (κ1) is 21.8. The summed E-state index contributed by atoms with van der Waals surface area (Å²) in [6.45, 7) is 6.50. The van der Waals surface area contributed by atoms with Crippen LogP contribution >= 0.6 is 11.3 Å². The number of rotatable bonds is 6. The summed E-state index contributed by atoms with van der Waals surface area (Å²) in [6, 6.07) is 6.68. The fraction of sp³-hybridized carbons (Fsp3) is 0.304. The van der Waals surface area contributed by atoms with Crippen molar-refractivity contribution in [3.63, 3.8) is 0 Å². The van der Waals surface area contributed by atoms with Crippen LogP contribution < -0.4 is 19.6 Å². The number of benzene rings is 1. The third-order valence-corrected chi connectivity index (χ3v) is 6.21. The molecule has 0 bridgehead atoms. The second-order valence-electron chi connectivity index (χ2n) is 7.20. The van der Waals surface area contributed by atoms with Crippen LogP contribution in [0, 0.1) is 0 Å². The molecule has 166 valence electrons. The van der Waals surface area contributed by atoms with Crippen LogP contribution in [-0.2, 0) is 16.1 Å². The molecule has 0 amide bonds. The van der Waals surface area contributed by atoms with E-state index in [4.69, 9.17) is 9.47 Å². The van der Waals surface area contributed by atoms with Crippen molar-refractivity contribution in [2.24, 2.45) is 4.99 Å². The number of ether oxygens (including phenoxy) is 2. The van der Waals surface area contributed by atoms with Crippen LogP contribution in [0.25, 0.3) is 6.08 Å². The van der Waals surface area contributed by atoms with Gasteiger partial charge in [0.1, 0.15) is 5.75 Å². The molecular formula is C23H24N4O4S. The molecule has 1 unspecified atom stereocenters. The summed E-state index contributed by atoms with van der Waals surface area (Å²) in [5, 5.41) is 4.27. The molecule has 1 aliphatic heterocycles. The van der Waals surface area contributed by atoms with E-state index in [-0.39, 0.29) is 12.2 Å². The van der Waals surface area contributed by atoms with E-state index in [0.717, 1.165) is 17.7 Å². The lowest BCUT2D eigenvalue weighted by molar-refractivity contribution is -0.139. The first-order valence-corrected chi connectivity index (χ1v) is 11.1. The Balaban J connectivity index is 1.92. The van der Waals surface area contributed by atoms with Gasteiger partial charge in [0.05, 0.1) is 41.8 Å². The SMILES string of the molecule is CCOC(=O)C1=C(C)N=c2s/c(=C/c3cnn(CC)c3)c(=O)n2C1c1ccc(OC)cc1. The standard InChI is InChI=1S/C23H24N4O4S/c1-5-26-13-15(12-24-26)11-18-21(28)27-20(16-7-9-17(30-4)10-8-16)19(22(29)31-6-2)14(3)25-23(27)32-18/h7-13,20H,5-6H2,1-4H3/b18-11+. The Morgan fingerprint density at radius 1 is 1.25 bits per heavy atom. The zero-order chi connectivity index (χ0) is 22.8. The number of allylic oxidation sites excluding steroid dienone is 1. The van der Waals surface area contributed by atoms with Gasteiger partial charge in [-0.25, -0.2) is 9.79 Å². The Morgan fingerprint density at radius 2 is 2.00 bits per heavy atom. The average Bonchev–Trinajstić information content (AvgIpc) is 3.37. The number of aryl methyl sites for hydroxylation is 1. The van der Waals surface area contributed by atoms with Gasteiger partial charge in [0.25, 0.3) is 5.56 Å². The van der Waals surface area contributed by atoms with Gasteiger partial charge in [-0.05, 0) is 44.5 Å². The third-order valence-electron chi connectivity index (χ3n) is 5.22. The molecule has 0 spiro atoms. The molecule has 1 aromatic carbocycles. The van der Waals surface area contributed by atoms with E-state index in [9.17, 15) is 9.59 Å². The van der Waals surface area contributed by atoms with Crippen molar-refractivity contribution in [1.29, 1.82) is 0 Å². The molecule has 0 saturated carbocycles. The van der Waals surface area contributed by atoms with Gasteiger partial charge in [-0.2, -0.15) is 5.10 Å². The fourth-order valence-corrected chi connectivity index (χ4v) is 4.72. The number of hydrogen-bond acceptors (Lipinski definition) is 7. The van der Waals surface area contributed by atoms with Crippen molar-refractivity contribution < 1.29 is 14.3 Å². The Hall–Kier alpha value is -3.46. The molecule has 0 saturated heterocycles. The first-order chi connectivity index (χ1) is 15.5. The zero-order valence-corrected chi connectivity index (χ0v) is 19.2. The van der Waals surface area contributed by atoms with Crippen LogP contribution in [0.4, 0.5) is 0 Å². The summed E-state index contributed by atoms with van der Waals surface area (Å²) in [4.78, 5) is 31.5. The van der Waals surface area contributed by atoms with Crippen LogP contribution in [-0.4, -0.2) is 34.0 Å². The Bertz CT molecular complexity index is 1360. The van der Waals surface area contributed by atoms with Crippen molar-refractivity contribution in [2.45, 2.75) is 33.4 Å². The number of nitrogens with zero attached hydrogens (tertiary/aromatic N) is 4. The number of esters is 1. The largest absolute Gasteiger partial charge is 0.497 e. The maximum atomic E-state index is 13.5. The molecule has 0 N–H and O–H groups in total. The lowest BCUT2D eigenvalue weighted by atomic mass is 9.96. The van der Waals surface area contributed by atoms with Crippen LogP contribution in [0.3, 0.4) is 0 Å². The summed E-state index contributed by atoms with van der Waals surface area (Å²) in [6.07, 6.45) is 5.41. The van der Waals surface area contributed by atoms with Crippen molar-refractivity contribution in [1.82, 2.24) is 14.3 Å². The van der Waals surface area contributed by atoms with E-state index in [1.54, 1.807) is 42.5 Å². The van der Waals surface area contributed by atoms with Crippen LogP contribution in [0.5, 0.6) is 5.75 Å². The number of methoxy groups -OCH3 is 1. The van der Waals surface area contributed by atoms with E-state index in [2.05, 4.69) is 10.1 Å². The summed E-state index contributed by atoms with van der Waals surface area (Å²) < 4.78 is 14.5. The molecule has 1 aliphatic rings. The summed E-state index contributed by atoms with van der Waals surface area (Å²) >= 11 is 1.29. The zero-order valence-electron chi connectivity index (χ0n) is 18.4. The van der Waals surface area contributed by atoms with Gasteiger partial charge in [0, 0.05) is 18.3 Å². The van der Waals surface area contributed by atoms with Crippen LogP contribution in [0.2, 0.25) is 0 Å². The minimum Gasteiger partial charge on any atom is -0.497 e. The molecule has 0 aliphatic carbocycles. The normalized spacial score (nSPS) is 16.0. The summed E-state index contributed by atoms with van der Waals surface area (Å²) in [7, 11) is 1.59. The van der Waals surface area contributed by atoms with Gasteiger partial charge in [-0.15, -0.1) is 0 Å². The smallest absolute Gasteiger partial charge is 0.338 e. The molecule has 3 aromatic rings. The van der Waals surface area contributed by atoms with Gasteiger partial charge in [0.15, 0.2) is 4.80 Å². The maximum absolute atomic E-state index is 13.5. The predicted molar refractivity (Wildman–Crippen MR) is 121 cm³/mol. The minimum absolute atomic E-state index is 0.215. The number of hydrogen-bond donors (Lipinski definition) is 0. The van der Waals surface area contributed by atoms with Crippen LogP contribution in [0.15, 0.2) is 57.7 Å². The molecular weight excluding hydrogens is 428 g/mol. The minimum atomic E-state index is -0.642. The lowest BCUT2D eigenvalue weighted by Crippen LogP contribution is -2.39. The Labute approximate surface area is 188 Å². The van der Waals surface area contributed by atoms with Crippen LogP contribution in [0.1, 0.15) is 37.9 Å². The molecule has 2 aromatic heterocycles. The highest BCUT2D eigenvalue weighted by Crippen LogP contribution is 2.31. The molecule has 0 radical (unpaired) electrons. The summed E-state index contributed by atoms with van der Waals surface area (Å²) in [5.74, 6) is 0.209. The van der Waals surface area contributed by atoms with Gasteiger partial charge in [-0.1, -0.05) is 23.5 Å². The molecule has 8 nitrogen and oxygen atoms in total. The number of carbonyl (C=O) groups is 1. The summed E-state index contributed by atoms with van der Waals surface area (Å²) in [5.41, 5.74) is 2.29. The topological polar surface area (TPSA) is 87.7 Å². The van der Waals surface area contributed by atoms with E-state index in [1.807, 2.05) is 37.4 Å². The van der Waals surface area contributed by atoms with E-state index in [0.29, 0.717) is 26.4 Å². The molecule has 1 atom stereocenters. The fourth-order valence-electron chi connectivity index (χ4n) is 3.67. The molecule has 3 heterocycles. The quantitative estimate of drug-likeness (QED) is 0.534. The van der Waals surface area contributed by atoms with Gasteiger partial charge in [0.2, 0.25) is 0 Å². The van der Waals surface area contributed by atoms with Crippen molar-refractivity contribution in [3.8, 4) is 5.75 Å². The monoisotopic (exact) mass is 452 g/mol. The maximum Gasteiger partial charge on any atom is 0.338 e. The second kappa shape index (κ2) is 8.96. The molecule has 32 heavy (non-hydrogen) atoms. The second-order valence-corrected chi connectivity index (χ2v) is 8.21. The average molecular weight is 453 g/mol. The number of carbonyl (C=O) groups excluding carboxylic acids is 1. The van der Waals surface area contributed by atoms with Crippen molar-refractivity contribution in [3.05, 3.63) is 78.7 Å². The van der Waals surface area contributed by atoms with Crippen molar-refractivity contribution >= 4 is 23.4 Å². The number of thiazole rings is 1. The van der Waals surface area contributed by atoms with Crippen molar-refractivity contribution in [2.75, 3.05) is 13.7 Å². The molecule has 9 heteroatoms. The van der Waals surface area contributed by atoms with E-state index in [1.165, 1.54) is 11.3 Å². The van der Waals surface area contributed by atoms with E-state index >= 15 is 0 Å². The lowest BCUT2D eigenvalue weighted by Gasteiger charge is -2.24. The van der Waals surface area contributed by atoms with E-state index < -0.39 is 12.0 Å². The highest BCUT2D eigenvalue weighted by atomic mass is 32.1. The Morgan fingerprint density at radius 3 is 2.62 bits per heavy atom. The molecule has 0 fully saturated rings. The Kier molecular flexibility index (Phi) is 6.09. The first-order valence-electron chi connectivity index (χ1n) is 10.3. The highest BCUT2D eigenvalue weighted by molar-refractivity contribution is 7.07. The molecule has 4 rings (SSSR count).